The standard InChI is InChI=1S/C14H14FNO3S/c1-3-16-13(17)8(2)19-14(18)12-7-9-10(15)5-4-6-11(9)20-12/h4-8H,3H2,1-2H3,(H,16,17)/t8-/m1/s1. The number of ether oxygens (including phenoxy) is 1. The quantitative estimate of drug-likeness (QED) is 0.882. The molecule has 6 heteroatoms. The number of hydrogen-bond donors (Lipinski definition) is 1. The number of likely N-dealkylation sites (N-methyl/N-ethyl adjacent to an activating group) is 1. The van der Waals surface area contributed by atoms with Gasteiger partial charge in [-0.05, 0) is 32.0 Å². The summed E-state index contributed by atoms with van der Waals surface area (Å²) in [5, 5.41) is 2.95. The smallest absolute Gasteiger partial charge is 0.349 e. The fourth-order valence-electron chi connectivity index (χ4n) is 1.72. The summed E-state index contributed by atoms with van der Waals surface area (Å²) in [4.78, 5) is 23.7. The minimum Gasteiger partial charge on any atom is -0.448 e. The van der Waals surface area contributed by atoms with Gasteiger partial charge in [-0.2, -0.15) is 0 Å². The van der Waals surface area contributed by atoms with E-state index in [1.54, 1.807) is 19.1 Å². The molecule has 20 heavy (non-hydrogen) atoms. The van der Waals surface area contributed by atoms with Crippen LogP contribution in [0.2, 0.25) is 0 Å². The molecule has 2 rings (SSSR count). The minimum atomic E-state index is -0.877. The molecule has 0 saturated heterocycles. The molecule has 1 heterocycles. The zero-order valence-electron chi connectivity index (χ0n) is 11.1. The lowest BCUT2D eigenvalue weighted by Gasteiger charge is -2.11. The van der Waals surface area contributed by atoms with Crippen LogP contribution in [0.3, 0.4) is 0 Å². The lowest BCUT2D eigenvalue weighted by molar-refractivity contribution is -0.128. The number of nitrogens with one attached hydrogen (secondary N) is 1. The van der Waals surface area contributed by atoms with Crippen LogP contribution < -0.4 is 5.32 Å². The van der Waals surface area contributed by atoms with Gasteiger partial charge in [0.15, 0.2) is 6.10 Å². The molecule has 1 atom stereocenters. The largest absolute Gasteiger partial charge is 0.448 e. The van der Waals surface area contributed by atoms with E-state index in [9.17, 15) is 14.0 Å². The Balaban J connectivity index is 2.15. The summed E-state index contributed by atoms with van der Waals surface area (Å²) in [5.41, 5.74) is 0. The average molecular weight is 295 g/mol. The van der Waals surface area contributed by atoms with E-state index in [1.807, 2.05) is 0 Å². The Morgan fingerprint density at radius 3 is 2.85 bits per heavy atom. The predicted molar refractivity (Wildman–Crippen MR) is 75.3 cm³/mol. The number of halogens is 1. The second kappa shape index (κ2) is 6.00. The molecule has 0 unspecified atom stereocenters. The van der Waals surface area contributed by atoms with Crippen molar-refractivity contribution in [2.24, 2.45) is 0 Å². The van der Waals surface area contributed by atoms with Gasteiger partial charge in [-0.25, -0.2) is 9.18 Å². The fourth-order valence-corrected chi connectivity index (χ4v) is 2.67. The first-order chi connectivity index (χ1) is 9.52. The van der Waals surface area contributed by atoms with Crippen LogP contribution in [0.25, 0.3) is 10.1 Å². The number of rotatable bonds is 4. The van der Waals surface area contributed by atoms with Gasteiger partial charge in [0.25, 0.3) is 5.91 Å². The maximum atomic E-state index is 13.5. The summed E-state index contributed by atoms with van der Waals surface area (Å²) in [6, 6.07) is 6.09. The highest BCUT2D eigenvalue weighted by molar-refractivity contribution is 7.20. The number of amides is 1. The van der Waals surface area contributed by atoms with Gasteiger partial charge in [-0.3, -0.25) is 4.79 Å². The summed E-state index contributed by atoms with van der Waals surface area (Å²) < 4.78 is 19.3. The van der Waals surface area contributed by atoms with Crippen molar-refractivity contribution in [2.45, 2.75) is 20.0 Å². The van der Waals surface area contributed by atoms with Crippen molar-refractivity contribution in [1.82, 2.24) is 5.32 Å². The molecule has 0 aliphatic rings. The number of carbonyl (C=O) groups is 2. The Bertz CT molecular complexity index is 653. The maximum absolute atomic E-state index is 13.5. The summed E-state index contributed by atoms with van der Waals surface area (Å²) in [6.45, 7) is 3.74. The zero-order valence-corrected chi connectivity index (χ0v) is 11.9. The van der Waals surface area contributed by atoms with E-state index in [0.717, 1.165) is 11.3 Å². The predicted octanol–water partition coefficient (Wildman–Crippen LogP) is 2.72. The SMILES string of the molecule is CCNC(=O)[C@@H](C)OC(=O)c1cc2c(F)cccc2s1. The first-order valence-corrected chi connectivity index (χ1v) is 7.01. The molecule has 0 spiro atoms. The average Bonchev–Trinajstić information content (AvgIpc) is 2.84. The van der Waals surface area contributed by atoms with Crippen LogP contribution in [0.5, 0.6) is 0 Å². The Morgan fingerprint density at radius 2 is 2.20 bits per heavy atom. The Hall–Kier alpha value is -1.95. The molecule has 4 nitrogen and oxygen atoms in total. The molecule has 0 saturated carbocycles. The van der Waals surface area contributed by atoms with Crippen LogP contribution in [0, 0.1) is 5.82 Å². The van der Waals surface area contributed by atoms with E-state index >= 15 is 0 Å². The van der Waals surface area contributed by atoms with Crippen molar-refractivity contribution in [3.05, 3.63) is 35.0 Å². The van der Waals surface area contributed by atoms with Crippen LogP contribution in [-0.2, 0) is 9.53 Å². The third-order valence-corrected chi connectivity index (χ3v) is 3.79. The van der Waals surface area contributed by atoms with Gasteiger partial charge in [-0.1, -0.05) is 6.07 Å². The normalized spacial score (nSPS) is 12.2. The monoisotopic (exact) mass is 295 g/mol. The molecule has 106 valence electrons. The van der Waals surface area contributed by atoms with Crippen molar-refractivity contribution >= 4 is 33.3 Å². The number of esters is 1. The van der Waals surface area contributed by atoms with Gasteiger partial charge in [0.1, 0.15) is 10.7 Å². The molecule has 0 fully saturated rings. The molecular weight excluding hydrogens is 281 g/mol. The van der Waals surface area contributed by atoms with Crippen molar-refractivity contribution < 1.29 is 18.7 Å². The minimum absolute atomic E-state index is 0.279. The van der Waals surface area contributed by atoms with E-state index in [1.165, 1.54) is 19.1 Å². The van der Waals surface area contributed by atoms with Crippen molar-refractivity contribution in [3.63, 3.8) is 0 Å². The Labute approximate surface area is 119 Å². The number of hydrogen-bond acceptors (Lipinski definition) is 4. The van der Waals surface area contributed by atoms with Crippen LogP contribution in [-0.4, -0.2) is 24.5 Å². The molecule has 1 N–H and O–H groups in total. The Morgan fingerprint density at radius 1 is 1.45 bits per heavy atom. The second-order valence-corrected chi connectivity index (χ2v) is 5.29. The third kappa shape index (κ3) is 2.96. The highest BCUT2D eigenvalue weighted by Gasteiger charge is 2.20. The topological polar surface area (TPSA) is 55.4 Å². The van der Waals surface area contributed by atoms with Gasteiger partial charge in [0, 0.05) is 16.6 Å². The van der Waals surface area contributed by atoms with Gasteiger partial charge in [0.05, 0.1) is 0 Å². The third-order valence-electron chi connectivity index (χ3n) is 2.71. The summed E-state index contributed by atoms with van der Waals surface area (Å²) in [5.74, 6) is -1.35. The van der Waals surface area contributed by atoms with Crippen LogP contribution in [0.4, 0.5) is 4.39 Å². The van der Waals surface area contributed by atoms with Crippen molar-refractivity contribution in [1.29, 1.82) is 0 Å². The highest BCUT2D eigenvalue weighted by atomic mass is 32.1. The van der Waals surface area contributed by atoms with E-state index in [-0.39, 0.29) is 16.6 Å². The summed E-state index contributed by atoms with van der Waals surface area (Å²) in [6.07, 6.45) is -0.877. The van der Waals surface area contributed by atoms with E-state index in [4.69, 9.17) is 4.74 Å². The maximum Gasteiger partial charge on any atom is 0.349 e. The number of fused-ring (bicyclic) bond motifs is 1. The van der Waals surface area contributed by atoms with Gasteiger partial charge in [-0.15, -0.1) is 11.3 Å². The summed E-state index contributed by atoms with van der Waals surface area (Å²) >= 11 is 1.14. The molecule has 0 aliphatic carbocycles. The van der Waals surface area contributed by atoms with E-state index in [2.05, 4.69) is 5.32 Å². The van der Waals surface area contributed by atoms with Gasteiger partial charge < -0.3 is 10.1 Å². The number of benzene rings is 1. The van der Waals surface area contributed by atoms with Crippen molar-refractivity contribution in [2.75, 3.05) is 6.54 Å². The molecule has 2 aromatic rings. The number of carbonyl (C=O) groups excluding carboxylic acids is 2. The first-order valence-electron chi connectivity index (χ1n) is 6.19. The van der Waals surface area contributed by atoms with Crippen LogP contribution in [0.15, 0.2) is 24.3 Å². The molecule has 1 amide bonds. The highest BCUT2D eigenvalue weighted by Crippen LogP contribution is 2.28. The molecule has 0 bridgehead atoms. The van der Waals surface area contributed by atoms with Crippen molar-refractivity contribution in [3.8, 4) is 0 Å². The first kappa shape index (κ1) is 14.5. The number of thiophene rings is 1. The van der Waals surface area contributed by atoms with Gasteiger partial charge in [0.2, 0.25) is 0 Å². The van der Waals surface area contributed by atoms with Crippen LogP contribution in [0.1, 0.15) is 23.5 Å². The second-order valence-electron chi connectivity index (χ2n) is 4.20. The fraction of sp³-hybridized carbons (Fsp3) is 0.286. The molecule has 1 aromatic heterocycles. The molecule has 0 radical (unpaired) electrons. The lowest BCUT2D eigenvalue weighted by Crippen LogP contribution is -2.35. The Kier molecular flexibility index (Phi) is 4.34. The molecular formula is C14H14FNO3S. The molecule has 0 aliphatic heterocycles. The van der Waals surface area contributed by atoms with E-state index < -0.39 is 12.1 Å². The zero-order chi connectivity index (χ0) is 14.7. The molecule has 1 aromatic carbocycles. The van der Waals surface area contributed by atoms with E-state index in [0.29, 0.717) is 16.6 Å². The summed E-state index contributed by atoms with van der Waals surface area (Å²) in [7, 11) is 0. The van der Waals surface area contributed by atoms with Gasteiger partial charge >= 0.3 is 5.97 Å². The van der Waals surface area contributed by atoms with Crippen LogP contribution >= 0.6 is 11.3 Å². The lowest BCUT2D eigenvalue weighted by atomic mass is 10.2.